The minimum atomic E-state index is -3.50. The number of sulfonamides is 1. The van der Waals surface area contributed by atoms with Crippen molar-refractivity contribution < 1.29 is 13.2 Å². The molecule has 1 aliphatic rings. The van der Waals surface area contributed by atoms with Gasteiger partial charge in [-0.2, -0.15) is 0 Å². The van der Waals surface area contributed by atoms with Crippen LogP contribution in [0.5, 0.6) is 5.75 Å². The molecular weight excluding hydrogens is 252 g/mol. The molecule has 18 heavy (non-hydrogen) atoms. The molecule has 0 saturated carbocycles. The normalized spacial score (nSPS) is 15.5. The number of anilines is 1. The van der Waals surface area contributed by atoms with Gasteiger partial charge in [-0.15, -0.1) is 0 Å². The van der Waals surface area contributed by atoms with Gasteiger partial charge in [-0.05, 0) is 39.0 Å². The molecule has 0 unspecified atom stereocenters. The molecule has 1 aromatic rings. The van der Waals surface area contributed by atoms with E-state index in [1.165, 1.54) is 0 Å². The van der Waals surface area contributed by atoms with Gasteiger partial charge in [-0.3, -0.25) is 0 Å². The summed E-state index contributed by atoms with van der Waals surface area (Å²) in [4.78, 5) is 0.245. The lowest BCUT2D eigenvalue weighted by Crippen LogP contribution is -2.40. The predicted molar refractivity (Wildman–Crippen MR) is 70.5 cm³/mol. The maximum Gasteiger partial charge on any atom is 0.241 e. The largest absolute Gasteiger partial charge is 0.490 e. The quantitative estimate of drug-likeness (QED) is 0.856. The van der Waals surface area contributed by atoms with Gasteiger partial charge in [0.05, 0.1) is 10.6 Å². The van der Waals surface area contributed by atoms with Gasteiger partial charge in [0, 0.05) is 12.1 Å². The fraction of sp³-hybridized carbons (Fsp3) is 0.500. The van der Waals surface area contributed by atoms with Crippen LogP contribution in [-0.4, -0.2) is 27.1 Å². The van der Waals surface area contributed by atoms with Crippen LogP contribution < -0.4 is 14.8 Å². The van der Waals surface area contributed by atoms with Crippen molar-refractivity contribution in [2.45, 2.75) is 31.2 Å². The number of benzene rings is 1. The van der Waals surface area contributed by atoms with E-state index in [-0.39, 0.29) is 4.90 Å². The fourth-order valence-electron chi connectivity index (χ4n) is 1.75. The molecular formula is C12H18N2O3S. The lowest BCUT2D eigenvalue weighted by molar-refractivity contribution is 0.323. The van der Waals surface area contributed by atoms with E-state index in [9.17, 15) is 8.42 Å². The lowest BCUT2D eigenvalue weighted by Gasteiger charge is -2.22. The van der Waals surface area contributed by atoms with E-state index < -0.39 is 15.6 Å². The van der Waals surface area contributed by atoms with Crippen LogP contribution in [0.4, 0.5) is 5.69 Å². The van der Waals surface area contributed by atoms with Crippen molar-refractivity contribution in [3.05, 3.63) is 18.2 Å². The van der Waals surface area contributed by atoms with Crippen LogP contribution in [0.25, 0.3) is 0 Å². The minimum Gasteiger partial charge on any atom is -0.490 e. The summed E-state index contributed by atoms with van der Waals surface area (Å²) in [5.74, 6) is 0.691. The number of ether oxygens (including phenoxy) is 1. The van der Waals surface area contributed by atoms with E-state index in [4.69, 9.17) is 4.74 Å². The topological polar surface area (TPSA) is 67.4 Å². The number of nitrogens with one attached hydrogen (secondary N) is 2. The summed E-state index contributed by atoms with van der Waals surface area (Å²) in [6, 6.07) is 4.83. The first kappa shape index (κ1) is 13.2. The highest BCUT2D eigenvalue weighted by Gasteiger charge is 2.23. The molecule has 0 bridgehead atoms. The molecule has 0 aliphatic carbocycles. The van der Waals surface area contributed by atoms with Crippen LogP contribution in [0, 0.1) is 0 Å². The first-order chi connectivity index (χ1) is 8.28. The summed E-state index contributed by atoms with van der Waals surface area (Å²) in [6.45, 7) is 6.71. The standard InChI is InChI=1S/C12H18N2O3S/c1-12(2,3)14-18(15,16)9-4-5-11-10(8-9)13-6-7-17-11/h4-5,8,13-14H,6-7H2,1-3H3. The van der Waals surface area contributed by atoms with Crippen molar-refractivity contribution >= 4 is 15.7 Å². The van der Waals surface area contributed by atoms with Crippen LogP contribution in [-0.2, 0) is 10.0 Å². The SMILES string of the molecule is CC(C)(C)NS(=O)(=O)c1ccc2c(c1)NCCO2. The third-order valence-corrected chi connectivity index (χ3v) is 4.13. The summed E-state index contributed by atoms with van der Waals surface area (Å²) in [6.07, 6.45) is 0. The number of hydrogen-bond acceptors (Lipinski definition) is 4. The second-order valence-corrected chi connectivity index (χ2v) is 6.97. The first-order valence-corrected chi connectivity index (χ1v) is 7.31. The van der Waals surface area contributed by atoms with Gasteiger partial charge in [-0.1, -0.05) is 0 Å². The zero-order valence-electron chi connectivity index (χ0n) is 10.8. The average Bonchev–Trinajstić information content (AvgIpc) is 2.25. The number of rotatable bonds is 2. The van der Waals surface area contributed by atoms with Crippen LogP contribution in [0.2, 0.25) is 0 Å². The molecule has 0 amide bonds. The van der Waals surface area contributed by atoms with Crippen molar-refractivity contribution in [3.63, 3.8) is 0 Å². The van der Waals surface area contributed by atoms with Gasteiger partial charge in [0.15, 0.2) is 0 Å². The van der Waals surface area contributed by atoms with E-state index in [0.29, 0.717) is 18.9 Å². The summed E-state index contributed by atoms with van der Waals surface area (Å²) < 4.78 is 32.3. The first-order valence-electron chi connectivity index (χ1n) is 5.83. The van der Waals surface area contributed by atoms with Crippen LogP contribution in [0.15, 0.2) is 23.1 Å². The summed E-state index contributed by atoms with van der Waals surface area (Å²) in [5, 5.41) is 3.12. The van der Waals surface area contributed by atoms with E-state index in [1.54, 1.807) is 18.2 Å². The van der Waals surface area contributed by atoms with Gasteiger partial charge in [-0.25, -0.2) is 13.1 Å². The van der Waals surface area contributed by atoms with Gasteiger partial charge < -0.3 is 10.1 Å². The summed E-state index contributed by atoms with van der Waals surface area (Å²) in [7, 11) is -3.50. The Morgan fingerprint density at radius 1 is 1.33 bits per heavy atom. The highest BCUT2D eigenvalue weighted by molar-refractivity contribution is 7.89. The molecule has 2 N–H and O–H groups in total. The Kier molecular flexibility index (Phi) is 3.25. The molecule has 0 radical (unpaired) electrons. The van der Waals surface area contributed by atoms with E-state index in [2.05, 4.69) is 10.0 Å². The van der Waals surface area contributed by atoms with E-state index in [0.717, 1.165) is 5.69 Å². The molecule has 100 valence electrons. The maximum atomic E-state index is 12.2. The smallest absolute Gasteiger partial charge is 0.241 e. The van der Waals surface area contributed by atoms with Crippen molar-refractivity contribution in [1.29, 1.82) is 0 Å². The van der Waals surface area contributed by atoms with Crippen molar-refractivity contribution in [2.75, 3.05) is 18.5 Å². The van der Waals surface area contributed by atoms with Crippen molar-refractivity contribution in [2.24, 2.45) is 0 Å². The highest BCUT2D eigenvalue weighted by atomic mass is 32.2. The van der Waals surface area contributed by atoms with E-state index in [1.807, 2.05) is 20.8 Å². The van der Waals surface area contributed by atoms with E-state index >= 15 is 0 Å². The average molecular weight is 270 g/mol. The molecule has 1 aliphatic heterocycles. The van der Waals surface area contributed by atoms with Crippen LogP contribution in [0.1, 0.15) is 20.8 Å². The molecule has 5 nitrogen and oxygen atoms in total. The fourth-order valence-corrected chi connectivity index (χ4v) is 3.19. The van der Waals surface area contributed by atoms with Crippen LogP contribution >= 0.6 is 0 Å². The number of fused-ring (bicyclic) bond motifs is 1. The molecule has 2 rings (SSSR count). The monoisotopic (exact) mass is 270 g/mol. The third-order valence-electron chi connectivity index (χ3n) is 2.38. The van der Waals surface area contributed by atoms with Crippen LogP contribution in [0.3, 0.4) is 0 Å². The summed E-state index contributed by atoms with van der Waals surface area (Å²) >= 11 is 0. The molecule has 6 heteroatoms. The second-order valence-electron chi connectivity index (χ2n) is 5.29. The summed E-state index contributed by atoms with van der Waals surface area (Å²) in [5.41, 5.74) is 0.219. The Bertz CT molecular complexity index is 547. The van der Waals surface area contributed by atoms with Gasteiger partial charge in [0.2, 0.25) is 10.0 Å². The number of hydrogen-bond donors (Lipinski definition) is 2. The zero-order chi connectivity index (χ0) is 13.4. The Morgan fingerprint density at radius 2 is 2.06 bits per heavy atom. The highest BCUT2D eigenvalue weighted by Crippen LogP contribution is 2.29. The van der Waals surface area contributed by atoms with Crippen molar-refractivity contribution in [1.82, 2.24) is 4.72 Å². The van der Waals surface area contributed by atoms with Gasteiger partial charge in [0.25, 0.3) is 0 Å². The van der Waals surface area contributed by atoms with Gasteiger partial charge >= 0.3 is 0 Å². The Hall–Kier alpha value is -1.27. The third kappa shape index (κ3) is 2.94. The zero-order valence-corrected chi connectivity index (χ0v) is 11.6. The molecule has 0 spiro atoms. The Labute approximate surface area is 108 Å². The van der Waals surface area contributed by atoms with Crippen molar-refractivity contribution in [3.8, 4) is 5.75 Å². The van der Waals surface area contributed by atoms with Gasteiger partial charge in [0.1, 0.15) is 12.4 Å². The molecule has 1 heterocycles. The molecule has 1 aromatic carbocycles. The predicted octanol–water partition coefficient (Wildman–Crippen LogP) is 1.57. The Morgan fingerprint density at radius 3 is 2.72 bits per heavy atom. The second kappa shape index (κ2) is 4.44. The molecule has 0 saturated heterocycles. The molecule has 0 fully saturated rings. The Balaban J connectivity index is 2.34. The molecule has 0 aromatic heterocycles. The maximum absolute atomic E-state index is 12.2. The molecule has 0 atom stereocenters. The minimum absolute atomic E-state index is 0.245. The lowest BCUT2D eigenvalue weighted by atomic mass is 10.1.